The molecule has 2 rings (SSSR count). The van der Waals surface area contributed by atoms with E-state index in [1.165, 1.54) is 0 Å². The van der Waals surface area contributed by atoms with Gasteiger partial charge in [0.25, 0.3) is 0 Å². The number of benzene rings is 1. The van der Waals surface area contributed by atoms with Crippen molar-refractivity contribution in [2.45, 2.75) is 43.8 Å². The van der Waals surface area contributed by atoms with Crippen LogP contribution < -0.4 is 5.32 Å². The third-order valence-electron chi connectivity index (χ3n) is 3.44. The third-order valence-corrected chi connectivity index (χ3v) is 5.23. The number of ether oxygens (including phenoxy) is 1. The lowest BCUT2D eigenvalue weighted by atomic mass is 10.2. The molecule has 1 saturated heterocycles. The summed E-state index contributed by atoms with van der Waals surface area (Å²) < 4.78 is 29.7. The van der Waals surface area contributed by atoms with Gasteiger partial charge in [-0.25, -0.2) is 8.42 Å². The number of hydrogen-bond donors (Lipinski definition) is 1. The number of sulfone groups is 1. The summed E-state index contributed by atoms with van der Waals surface area (Å²) in [6.45, 7) is 4.38. The molecule has 0 saturated carbocycles. The SMILES string of the molecule is CCS(=O)(=O)c1ccccc1NCC1CCC(C)O1. The highest BCUT2D eigenvalue weighted by molar-refractivity contribution is 7.91. The van der Waals surface area contributed by atoms with Gasteiger partial charge >= 0.3 is 0 Å². The van der Waals surface area contributed by atoms with Gasteiger partial charge < -0.3 is 10.1 Å². The Morgan fingerprint density at radius 3 is 2.68 bits per heavy atom. The molecular formula is C14H21NO3S. The van der Waals surface area contributed by atoms with Gasteiger partial charge in [0.15, 0.2) is 9.84 Å². The maximum atomic E-state index is 12.0. The first-order chi connectivity index (χ1) is 9.03. The van der Waals surface area contributed by atoms with Gasteiger partial charge in [0.1, 0.15) is 0 Å². The standard InChI is InChI=1S/C14H21NO3S/c1-3-19(16,17)14-7-5-4-6-13(14)15-10-12-9-8-11(2)18-12/h4-7,11-12,15H,3,8-10H2,1-2H3. The highest BCUT2D eigenvalue weighted by Crippen LogP contribution is 2.24. The van der Waals surface area contributed by atoms with E-state index in [1.54, 1.807) is 25.1 Å². The first-order valence-electron chi connectivity index (χ1n) is 6.74. The van der Waals surface area contributed by atoms with E-state index in [2.05, 4.69) is 12.2 Å². The molecule has 0 aromatic heterocycles. The lowest BCUT2D eigenvalue weighted by Crippen LogP contribution is -2.21. The third kappa shape index (κ3) is 3.48. The molecule has 2 atom stereocenters. The Morgan fingerprint density at radius 1 is 1.32 bits per heavy atom. The van der Waals surface area contributed by atoms with Crippen LogP contribution >= 0.6 is 0 Å². The van der Waals surface area contributed by atoms with Crippen molar-refractivity contribution in [3.8, 4) is 0 Å². The first kappa shape index (κ1) is 14.3. The minimum Gasteiger partial charge on any atom is -0.381 e. The van der Waals surface area contributed by atoms with Crippen LogP contribution in [-0.4, -0.2) is 32.9 Å². The molecule has 1 fully saturated rings. The average molecular weight is 283 g/mol. The van der Waals surface area contributed by atoms with Gasteiger partial charge in [0.2, 0.25) is 0 Å². The fourth-order valence-corrected chi connectivity index (χ4v) is 3.37. The molecule has 1 aromatic rings. The molecule has 0 aliphatic carbocycles. The van der Waals surface area contributed by atoms with Crippen LogP contribution in [0.15, 0.2) is 29.2 Å². The monoisotopic (exact) mass is 283 g/mol. The van der Waals surface area contributed by atoms with Gasteiger partial charge in [-0.2, -0.15) is 0 Å². The molecule has 0 amide bonds. The topological polar surface area (TPSA) is 55.4 Å². The normalized spacial score (nSPS) is 23.5. The van der Waals surface area contributed by atoms with Crippen LogP contribution in [0.1, 0.15) is 26.7 Å². The smallest absolute Gasteiger partial charge is 0.180 e. The van der Waals surface area contributed by atoms with Crippen LogP contribution in [0.5, 0.6) is 0 Å². The Bertz CT molecular complexity index is 527. The second-order valence-corrected chi connectivity index (χ2v) is 7.17. The zero-order chi connectivity index (χ0) is 13.9. The Morgan fingerprint density at radius 2 is 2.05 bits per heavy atom. The Labute approximate surface area is 115 Å². The van der Waals surface area contributed by atoms with Gasteiger partial charge in [-0.05, 0) is 31.9 Å². The molecule has 1 N–H and O–H groups in total. The van der Waals surface area contributed by atoms with E-state index >= 15 is 0 Å². The molecule has 0 spiro atoms. The van der Waals surface area contributed by atoms with Crippen LogP contribution in [0.25, 0.3) is 0 Å². The van der Waals surface area contributed by atoms with Crippen LogP contribution in [0.3, 0.4) is 0 Å². The van der Waals surface area contributed by atoms with E-state index in [9.17, 15) is 8.42 Å². The van der Waals surface area contributed by atoms with Crippen LogP contribution in [0, 0.1) is 0 Å². The molecule has 1 aliphatic rings. The predicted octanol–water partition coefficient (Wildman–Crippen LogP) is 2.46. The molecule has 106 valence electrons. The van der Waals surface area contributed by atoms with Crippen molar-refractivity contribution in [1.82, 2.24) is 0 Å². The highest BCUT2D eigenvalue weighted by atomic mass is 32.2. The molecule has 5 heteroatoms. The van der Waals surface area contributed by atoms with E-state index in [-0.39, 0.29) is 11.9 Å². The number of rotatable bonds is 5. The van der Waals surface area contributed by atoms with E-state index in [4.69, 9.17) is 4.74 Å². The summed E-state index contributed by atoms with van der Waals surface area (Å²) >= 11 is 0. The van der Waals surface area contributed by atoms with E-state index in [0.717, 1.165) is 12.8 Å². The summed E-state index contributed by atoms with van der Waals surface area (Å²) in [6.07, 6.45) is 2.58. The predicted molar refractivity (Wildman–Crippen MR) is 76.2 cm³/mol. The van der Waals surface area contributed by atoms with E-state index < -0.39 is 9.84 Å². The summed E-state index contributed by atoms with van der Waals surface area (Å²) in [5.74, 6) is 0.114. The molecule has 2 unspecified atom stereocenters. The van der Waals surface area contributed by atoms with Crippen molar-refractivity contribution in [2.75, 3.05) is 17.6 Å². The van der Waals surface area contributed by atoms with Crippen LogP contribution in [0.4, 0.5) is 5.69 Å². The van der Waals surface area contributed by atoms with Crippen molar-refractivity contribution in [3.63, 3.8) is 0 Å². The number of hydrogen-bond acceptors (Lipinski definition) is 4. The first-order valence-corrected chi connectivity index (χ1v) is 8.39. The Kier molecular flexibility index (Phi) is 4.47. The van der Waals surface area contributed by atoms with E-state index in [1.807, 2.05) is 6.07 Å². The quantitative estimate of drug-likeness (QED) is 0.902. The molecule has 0 bridgehead atoms. The zero-order valence-electron chi connectivity index (χ0n) is 11.4. The minimum atomic E-state index is -3.19. The maximum absolute atomic E-state index is 12.0. The molecule has 1 heterocycles. The lowest BCUT2D eigenvalue weighted by Gasteiger charge is -2.15. The number of anilines is 1. The summed E-state index contributed by atoms with van der Waals surface area (Å²) in [5.41, 5.74) is 0.674. The highest BCUT2D eigenvalue weighted by Gasteiger charge is 2.22. The molecule has 19 heavy (non-hydrogen) atoms. The van der Waals surface area contributed by atoms with Crippen molar-refractivity contribution < 1.29 is 13.2 Å². The Hall–Kier alpha value is -1.07. The Balaban J connectivity index is 2.08. The van der Waals surface area contributed by atoms with Crippen molar-refractivity contribution in [1.29, 1.82) is 0 Å². The number of para-hydroxylation sites is 1. The molecule has 1 aromatic carbocycles. The van der Waals surface area contributed by atoms with E-state index in [0.29, 0.717) is 23.2 Å². The summed E-state index contributed by atoms with van der Waals surface area (Å²) in [6, 6.07) is 7.05. The second kappa shape index (κ2) is 5.92. The summed E-state index contributed by atoms with van der Waals surface area (Å²) in [4.78, 5) is 0.378. The second-order valence-electron chi connectivity index (χ2n) is 4.93. The van der Waals surface area contributed by atoms with Gasteiger partial charge in [0.05, 0.1) is 28.5 Å². The molecule has 0 radical (unpaired) electrons. The molecule has 4 nitrogen and oxygen atoms in total. The van der Waals surface area contributed by atoms with Crippen LogP contribution in [0.2, 0.25) is 0 Å². The summed E-state index contributed by atoms with van der Waals surface area (Å²) in [7, 11) is -3.19. The number of nitrogens with one attached hydrogen (secondary N) is 1. The van der Waals surface area contributed by atoms with Crippen molar-refractivity contribution >= 4 is 15.5 Å². The fraction of sp³-hybridized carbons (Fsp3) is 0.571. The van der Waals surface area contributed by atoms with Gasteiger partial charge in [-0.1, -0.05) is 19.1 Å². The van der Waals surface area contributed by atoms with Crippen molar-refractivity contribution in [2.24, 2.45) is 0 Å². The summed E-state index contributed by atoms with van der Waals surface area (Å²) in [5, 5.41) is 3.21. The largest absolute Gasteiger partial charge is 0.381 e. The van der Waals surface area contributed by atoms with Gasteiger partial charge in [-0.15, -0.1) is 0 Å². The van der Waals surface area contributed by atoms with Crippen molar-refractivity contribution in [3.05, 3.63) is 24.3 Å². The molecule has 1 aliphatic heterocycles. The van der Waals surface area contributed by atoms with Crippen LogP contribution in [-0.2, 0) is 14.6 Å². The average Bonchev–Trinajstić information content (AvgIpc) is 2.82. The van der Waals surface area contributed by atoms with Gasteiger partial charge in [-0.3, -0.25) is 0 Å². The zero-order valence-corrected chi connectivity index (χ0v) is 12.2. The minimum absolute atomic E-state index is 0.114. The lowest BCUT2D eigenvalue weighted by molar-refractivity contribution is 0.0636. The maximum Gasteiger partial charge on any atom is 0.180 e. The fourth-order valence-electron chi connectivity index (χ4n) is 2.30. The molecular weight excluding hydrogens is 262 g/mol. The van der Waals surface area contributed by atoms with Gasteiger partial charge in [0, 0.05) is 6.54 Å².